The van der Waals surface area contributed by atoms with Crippen molar-refractivity contribution in [1.82, 2.24) is 4.90 Å². The van der Waals surface area contributed by atoms with Gasteiger partial charge in [0.25, 0.3) is 0 Å². The molecule has 1 aliphatic heterocycles. The maximum atomic E-state index is 7.68. The molecule has 19 heavy (non-hydrogen) atoms. The fourth-order valence-electron chi connectivity index (χ4n) is 2.60. The van der Waals surface area contributed by atoms with Gasteiger partial charge >= 0.3 is 0 Å². The summed E-state index contributed by atoms with van der Waals surface area (Å²) in [5.74, 6) is 0.142. The highest BCUT2D eigenvalue weighted by atomic mass is 15.2. The zero-order valence-corrected chi connectivity index (χ0v) is 11.9. The average Bonchev–Trinajstić information content (AvgIpc) is 2.88. The van der Waals surface area contributed by atoms with E-state index in [1.807, 2.05) is 12.1 Å². The van der Waals surface area contributed by atoms with Crippen molar-refractivity contribution in [3.8, 4) is 0 Å². The van der Waals surface area contributed by atoms with E-state index < -0.39 is 0 Å². The standard InChI is InChI=1S/C15H24N4/c1-12-5-6-13(15(16)17)14(11-12)18(2)9-10-19-7-3-4-8-19/h5-6,11H,3-4,7-10H2,1-2H3,(H3,16,17). The molecule has 0 aromatic heterocycles. The van der Waals surface area contributed by atoms with Gasteiger partial charge in [-0.2, -0.15) is 0 Å². The first-order valence-corrected chi connectivity index (χ1v) is 6.96. The molecule has 1 fully saturated rings. The highest BCUT2D eigenvalue weighted by Crippen LogP contribution is 2.21. The van der Waals surface area contributed by atoms with Crippen LogP contribution in [-0.2, 0) is 0 Å². The van der Waals surface area contributed by atoms with Crippen LogP contribution in [0.3, 0.4) is 0 Å². The number of hydrogen-bond donors (Lipinski definition) is 2. The number of nitrogen functional groups attached to an aromatic ring is 1. The van der Waals surface area contributed by atoms with Crippen LogP contribution in [0.1, 0.15) is 24.0 Å². The van der Waals surface area contributed by atoms with Gasteiger partial charge in [-0.05, 0) is 50.6 Å². The molecule has 1 aromatic rings. The monoisotopic (exact) mass is 260 g/mol. The molecule has 0 bridgehead atoms. The Labute approximate surface area is 115 Å². The molecule has 0 unspecified atom stereocenters. The van der Waals surface area contributed by atoms with Gasteiger partial charge in [0.1, 0.15) is 5.84 Å². The van der Waals surface area contributed by atoms with Crippen LogP contribution in [0.4, 0.5) is 5.69 Å². The maximum Gasteiger partial charge on any atom is 0.124 e. The van der Waals surface area contributed by atoms with Crippen molar-refractivity contribution in [3.05, 3.63) is 29.3 Å². The third kappa shape index (κ3) is 3.47. The molecule has 104 valence electrons. The van der Waals surface area contributed by atoms with Gasteiger partial charge in [-0.15, -0.1) is 0 Å². The van der Waals surface area contributed by atoms with E-state index in [-0.39, 0.29) is 5.84 Å². The Morgan fingerprint density at radius 3 is 2.68 bits per heavy atom. The van der Waals surface area contributed by atoms with E-state index in [1.54, 1.807) is 0 Å². The quantitative estimate of drug-likeness (QED) is 0.627. The lowest BCUT2D eigenvalue weighted by molar-refractivity contribution is 0.346. The van der Waals surface area contributed by atoms with Gasteiger partial charge in [-0.1, -0.05) is 6.07 Å². The second-order valence-electron chi connectivity index (χ2n) is 5.40. The second kappa shape index (κ2) is 6.06. The van der Waals surface area contributed by atoms with E-state index in [9.17, 15) is 0 Å². The molecule has 0 saturated carbocycles. The van der Waals surface area contributed by atoms with Crippen LogP contribution < -0.4 is 10.6 Å². The number of hydrogen-bond acceptors (Lipinski definition) is 3. The van der Waals surface area contributed by atoms with Gasteiger partial charge in [0.2, 0.25) is 0 Å². The van der Waals surface area contributed by atoms with E-state index >= 15 is 0 Å². The Hall–Kier alpha value is -1.55. The summed E-state index contributed by atoms with van der Waals surface area (Å²) in [6.45, 7) is 6.58. The van der Waals surface area contributed by atoms with Crippen LogP contribution in [0.2, 0.25) is 0 Å². The number of benzene rings is 1. The molecule has 1 aliphatic rings. The number of rotatable bonds is 5. The molecule has 1 heterocycles. The molecule has 4 heteroatoms. The van der Waals surface area contributed by atoms with Gasteiger partial charge < -0.3 is 15.5 Å². The van der Waals surface area contributed by atoms with Crippen LogP contribution in [0.15, 0.2) is 18.2 Å². The Balaban J connectivity index is 2.06. The van der Waals surface area contributed by atoms with Crippen molar-refractivity contribution >= 4 is 11.5 Å². The largest absolute Gasteiger partial charge is 0.384 e. The van der Waals surface area contributed by atoms with E-state index in [2.05, 4.69) is 29.8 Å². The molecule has 4 nitrogen and oxygen atoms in total. The average molecular weight is 260 g/mol. The molecular weight excluding hydrogens is 236 g/mol. The predicted molar refractivity (Wildman–Crippen MR) is 81.1 cm³/mol. The van der Waals surface area contributed by atoms with E-state index in [1.165, 1.54) is 31.5 Å². The highest BCUT2D eigenvalue weighted by molar-refractivity contribution is 6.00. The van der Waals surface area contributed by atoms with Crippen molar-refractivity contribution < 1.29 is 0 Å². The van der Waals surface area contributed by atoms with Crippen molar-refractivity contribution in [3.63, 3.8) is 0 Å². The number of nitrogens with two attached hydrogens (primary N) is 1. The van der Waals surface area contributed by atoms with Gasteiger partial charge in [-0.3, -0.25) is 5.41 Å². The van der Waals surface area contributed by atoms with Crippen molar-refractivity contribution in [2.75, 3.05) is 38.1 Å². The Kier molecular flexibility index (Phi) is 4.43. The minimum Gasteiger partial charge on any atom is -0.384 e. The first-order chi connectivity index (χ1) is 9.08. The van der Waals surface area contributed by atoms with Crippen molar-refractivity contribution in [2.24, 2.45) is 5.73 Å². The van der Waals surface area contributed by atoms with Crippen LogP contribution in [-0.4, -0.2) is 44.0 Å². The van der Waals surface area contributed by atoms with Crippen molar-refractivity contribution in [2.45, 2.75) is 19.8 Å². The van der Waals surface area contributed by atoms with Crippen LogP contribution in [0, 0.1) is 12.3 Å². The molecule has 0 radical (unpaired) electrons. The number of amidine groups is 1. The summed E-state index contributed by atoms with van der Waals surface area (Å²) in [5.41, 5.74) is 8.76. The lowest BCUT2D eigenvalue weighted by Gasteiger charge is -2.25. The molecule has 0 amide bonds. The molecular formula is C15H24N4. The lowest BCUT2D eigenvalue weighted by atomic mass is 10.1. The molecule has 0 aliphatic carbocycles. The SMILES string of the molecule is Cc1ccc(C(=N)N)c(N(C)CCN2CCCC2)c1. The zero-order chi connectivity index (χ0) is 13.8. The second-order valence-corrected chi connectivity index (χ2v) is 5.40. The third-order valence-corrected chi connectivity index (χ3v) is 3.80. The Bertz CT molecular complexity index is 449. The number of nitrogens with one attached hydrogen (secondary N) is 1. The minimum atomic E-state index is 0.142. The number of likely N-dealkylation sites (N-methyl/N-ethyl adjacent to an activating group) is 1. The number of nitrogens with zero attached hydrogens (tertiary/aromatic N) is 2. The Morgan fingerprint density at radius 2 is 2.05 bits per heavy atom. The smallest absolute Gasteiger partial charge is 0.124 e. The molecule has 1 saturated heterocycles. The Morgan fingerprint density at radius 1 is 1.37 bits per heavy atom. The van der Waals surface area contributed by atoms with Gasteiger partial charge in [0.15, 0.2) is 0 Å². The van der Waals surface area contributed by atoms with Gasteiger partial charge in [0.05, 0.1) is 0 Å². The summed E-state index contributed by atoms with van der Waals surface area (Å²) >= 11 is 0. The number of anilines is 1. The van der Waals surface area contributed by atoms with Crippen LogP contribution >= 0.6 is 0 Å². The molecule has 1 aromatic carbocycles. The van der Waals surface area contributed by atoms with E-state index in [4.69, 9.17) is 11.1 Å². The summed E-state index contributed by atoms with van der Waals surface area (Å²) in [4.78, 5) is 4.71. The van der Waals surface area contributed by atoms with Crippen LogP contribution in [0.5, 0.6) is 0 Å². The number of aryl methyl sites for hydroxylation is 1. The normalized spacial score (nSPS) is 15.7. The van der Waals surface area contributed by atoms with Crippen LogP contribution in [0.25, 0.3) is 0 Å². The lowest BCUT2D eigenvalue weighted by Crippen LogP contribution is -2.32. The minimum absolute atomic E-state index is 0.142. The summed E-state index contributed by atoms with van der Waals surface area (Å²) < 4.78 is 0. The van der Waals surface area contributed by atoms with Gasteiger partial charge in [-0.25, -0.2) is 0 Å². The fraction of sp³-hybridized carbons (Fsp3) is 0.533. The summed E-state index contributed by atoms with van der Waals surface area (Å²) in [6.07, 6.45) is 2.65. The maximum absolute atomic E-state index is 7.68. The van der Waals surface area contributed by atoms with E-state index in [0.29, 0.717) is 0 Å². The topological polar surface area (TPSA) is 56.4 Å². The first-order valence-electron chi connectivity index (χ1n) is 6.96. The molecule has 2 rings (SSSR count). The predicted octanol–water partition coefficient (Wildman–Crippen LogP) is 1.81. The van der Waals surface area contributed by atoms with Crippen molar-refractivity contribution in [1.29, 1.82) is 5.41 Å². The first kappa shape index (κ1) is 13.9. The third-order valence-electron chi connectivity index (χ3n) is 3.80. The summed E-state index contributed by atoms with van der Waals surface area (Å²) in [7, 11) is 2.08. The summed E-state index contributed by atoms with van der Waals surface area (Å²) in [6, 6.07) is 6.06. The summed E-state index contributed by atoms with van der Waals surface area (Å²) in [5, 5.41) is 7.68. The zero-order valence-electron chi connectivity index (χ0n) is 11.9. The van der Waals surface area contributed by atoms with Gasteiger partial charge in [0, 0.05) is 31.4 Å². The molecule has 0 spiro atoms. The highest BCUT2D eigenvalue weighted by Gasteiger charge is 2.14. The molecule has 0 atom stereocenters. The van der Waals surface area contributed by atoms with E-state index in [0.717, 1.165) is 24.3 Å². The fourth-order valence-corrected chi connectivity index (χ4v) is 2.60. The number of likely N-dealkylation sites (tertiary alicyclic amines) is 1. The molecule has 3 N–H and O–H groups in total.